The number of rotatable bonds is 5. The average Bonchev–Trinajstić information content (AvgIpc) is 3.06. The van der Waals surface area contributed by atoms with Gasteiger partial charge in [0, 0.05) is 17.5 Å². The molecule has 0 saturated carbocycles. The normalized spacial score (nSPS) is 30.5. The summed E-state index contributed by atoms with van der Waals surface area (Å²) < 4.78 is 28.1. The molecule has 3 unspecified atom stereocenters. The number of nitrogens with one attached hydrogen (secondary N) is 2. The van der Waals surface area contributed by atoms with Crippen LogP contribution < -0.4 is 5.32 Å². The number of hydrogen-bond donors (Lipinski definition) is 2. The van der Waals surface area contributed by atoms with Gasteiger partial charge in [-0.1, -0.05) is 26.8 Å². The number of carbonyl (C=O) groups is 1. The molecule has 1 amide bonds. The van der Waals surface area contributed by atoms with E-state index in [1.165, 1.54) is 19.2 Å². The summed E-state index contributed by atoms with van der Waals surface area (Å²) >= 11 is 0. The van der Waals surface area contributed by atoms with E-state index < -0.39 is 6.17 Å². The summed E-state index contributed by atoms with van der Waals surface area (Å²) in [5.74, 6) is -0.400. The van der Waals surface area contributed by atoms with E-state index in [0.717, 1.165) is 18.4 Å². The average molecular weight is 377 g/mol. The van der Waals surface area contributed by atoms with Gasteiger partial charge in [0.2, 0.25) is 5.91 Å². The molecule has 0 radical (unpaired) electrons. The fourth-order valence-corrected chi connectivity index (χ4v) is 3.54. The molecule has 148 valence electrons. The molecular formula is C21H29F2N3O. The fourth-order valence-electron chi connectivity index (χ4n) is 3.54. The monoisotopic (exact) mass is 377 g/mol. The Balaban J connectivity index is 2.19. The number of carbonyl (C=O) groups excluding carboxylic acids is 1. The van der Waals surface area contributed by atoms with Gasteiger partial charge in [0.05, 0.1) is 12.1 Å². The van der Waals surface area contributed by atoms with Crippen molar-refractivity contribution in [3.05, 3.63) is 52.8 Å². The van der Waals surface area contributed by atoms with E-state index in [1.807, 2.05) is 13.0 Å². The number of halogens is 2. The molecule has 0 fully saturated rings. The maximum Gasteiger partial charge on any atom is 0.228 e. The minimum atomic E-state index is -1.25. The Kier molecular flexibility index (Phi) is 6.73. The minimum Gasteiger partial charge on any atom is -0.326 e. The van der Waals surface area contributed by atoms with Crippen LogP contribution in [0.15, 0.2) is 41.5 Å². The summed E-state index contributed by atoms with van der Waals surface area (Å²) in [5.41, 5.74) is 1.81. The van der Waals surface area contributed by atoms with Crippen LogP contribution >= 0.6 is 0 Å². The Labute approximate surface area is 159 Å². The molecule has 1 aliphatic rings. The lowest BCUT2D eigenvalue weighted by Gasteiger charge is -2.31. The maximum absolute atomic E-state index is 14.6. The molecule has 0 aliphatic heterocycles. The SMILES string of the molecule is CCC1(C)CC(C)/C=C(NC(=O)Cc2c[nH]nc2C(C)F)/C=C\C(F)=C\1C. The second-order valence-corrected chi connectivity index (χ2v) is 7.66. The van der Waals surface area contributed by atoms with Crippen molar-refractivity contribution in [3.8, 4) is 0 Å². The first-order valence-electron chi connectivity index (χ1n) is 9.39. The van der Waals surface area contributed by atoms with Crippen LogP contribution in [0.4, 0.5) is 8.78 Å². The van der Waals surface area contributed by atoms with E-state index in [1.54, 1.807) is 6.08 Å². The zero-order valence-electron chi connectivity index (χ0n) is 16.7. The molecule has 1 aromatic heterocycles. The number of amides is 1. The van der Waals surface area contributed by atoms with Crippen molar-refractivity contribution < 1.29 is 13.6 Å². The summed E-state index contributed by atoms with van der Waals surface area (Å²) in [7, 11) is 0. The quantitative estimate of drug-likeness (QED) is 0.737. The Morgan fingerprint density at radius 2 is 2.19 bits per heavy atom. The predicted octanol–water partition coefficient (Wildman–Crippen LogP) is 5.24. The van der Waals surface area contributed by atoms with Crippen LogP contribution in [-0.2, 0) is 11.2 Å². The topological polar surface area (TPSA) is 57.8 Å². The molecule has 1 aromatic rings. The van der Waals surface area contributed by atoms with Crippen molar-refractivity contribution >= 4 is 5.91 Å². The second-order valence-electron chi connectivity index (χ2n) is 7.66. The minimum absolute atomic E-state index is 0.00365. The lowest BCUT2D eigenvalue weighted by molar-refractivity contribution is -0.119. The highest BCUT2D eigenvalue weighted by molar-refractivity contribution is 5.81. The van der Waals surface area contributed by atoms with Gasteiger partial charge in [-0.3, -0.25) is 9.89 Å². The van der Waals surface area contributed by atoms with E-state index in [9.17, 15) is 13.6 Å². The highest BCUT2D eigenvalue weighted by atomic mass is 19.1. The molecule has 4 nitrogen and oxygen atoms in total. The second kappa shape index (κ2) is 8.63. The van der Waals surface area contributed by atoms with Crippen LogP contribution in [0.25, 0.3) is 0 Å². The summed E-state index contributed by atoms with van der Waals surface area (Å²) in [6.07, 6.45) is 6.84. The van der Waals surface area contributed by atoms with Gasteiger partial charge < -0.3 is 5.32 Å². The molecule has 0 saturated heterocycles. The Morgan fingerprint density at radius 3 is 2.81 bits per heavy atom. The van der Waals surface area contributed by atoms with Gasteiger partial charge in [-0.05, 0) is 55.7 Å². The first-order chi connectivity index (χ1) is 12.7. The largest absolute Gasteiger partial charge is 0.326 e. The van der Waals surface area contributed by atoms with Gasteiger partial charge in [0.1, 0.15) is 12.0 Å². The Bertz CT molecular complexity index is 776. The van der Waals surface area contributed by atoms with Crippen molar-refractivity contribution in [1.82, 2.24) is 15.5 Å². The number of aromatic amines is 1. The first kappa shape index (κ1) is 21.1. The van der Waals surface area contributed by atoms with Crippen molar-refractivity contribution in [2.24, 2.45) is 11.3 Å². The van der Waals surface area contributed by atoms with Gasteiger partial charge in [-0.2, -0.15) is 5.10 Å². The van der Waals surface area contributed by atoms with Gasteiger partial charge in [0.25, 0.3) is 0 Å². The number of allylic oxidation sites excluding steroid dienone is 5. The standard InChI is InChI=1S/C21H29F2N3O/c1-6-21(5)11-13(2)9-17(7-8-18(23)14(21)3)25-19(27)10-16-12-24-26-20(16)15(4)22/h7-9,12-13,15H,6,10-11H2,1-5H3,(H,24,26)(H,25,27)/b8-7-,17-9-,18-14-. The molecule has 6 heteroatoms. The van der Waals surface area contributed by atoms with Crippen LogP contribution in [0.1, 0.15) is 64.9 Å². The van der Waals surface area contributed by atoms with E-state index in [0.29, 0.717) is 11.3 Å². The molecule has 27 heavy (non-hydrogen) atoms. The first-order valence-corrected chi connectivity index (χ1v) is 9.39. The van der Waals surface area contributed by atoms with E-state index in [4.69, 9.17) is 0 Å². The number of aromatic nitrogens is 2. The van der Waals surface area contributed by atoms with E-state index in [2.05, 4.69) is 36.3 Å². The van der Waals surface area contributed by atoms with Gasteiger partial charge in [0.15, 0.2) is 0 Å². The molecule has 0 bridgehead atoms. The molecule has 3 atom stereocenters. The lowest BCUT2D eigenvalue weighted by atomic mass is 9.73. The van der Waals surface area contributed by atoms with E-state index >= 15 is 0 Å². The predicted molar refractivity (Wildman–Crippen MR) is 103 cm³/mol. The number of nitrogens with zero attached hydrogens (tertiary/aromatic N) is 1. The van der Waals surface area contributed by atoms with Crippen molar-refractivity contribution in [3.63, 3.8) is 0 Å². The maximum atomic E-state index is 14.6. The van der Waals surface area contributed by atoms with Crippen molar-refractivity contribution in [2.75, 3.05) is 0 Å². The van der Waals surface area contributed by atoms with Gasteiger partial charge >= 0.3 is 0 Å². The van der Waals surface area contributed by atoms with Crippen LogP contribution in [-0.4, -0.2) is 16.1 Å². The summed E-state index contributed by atoms with van der Waals surface area (Å²) in [5, 5.41) is 9.25. The Morgan fingerprint density at radius 1 is 1.48 bits per heavy atom. The third-order valence-corrected chi connectivity index (χ3v) is 5.45. The smallest absolute Gasteiger partial charge is 0.228 e. The summed E-state index contributed by atoms with van der Waals surface area (Å²) in [6.45, 7) is 9.40. The molecule has 1 heterocycles. The molecular weight excluding hydrogens is 348 g/mol. The Hall–Kier alpha value is -2.24. The lowest BCUT2D eigenvalue weighted by Crippen LogP contribution is -2.25. The van der Waals surface area contributed by atoms with Gasteiger partial charge in [-0.15, -0.1) is 0 Å². The molecule has 2 rings (SSSR count). The van der Waals surface area contributed by atoms with E-state index in [-0.39, 0.29) is 35.2 Å². The number of H-pyrrole nitrogens is 1. The summed E-state index contributed by atoms with van der Waals surface area (Å²) in [4.78, 5) is 12.4. The fraction of sp³-hybridized carbons (Fsp3) is 0.524. The van der Waals surface area contributed by atoms with Crippen molar-refractivity contribution in [2.45, 2.75) is 60.1 Å². The van der Waals surface area contributed by atoms with Crippen LogP contribution in [0, 0.1) is 11.3 Å². The zero-order chi connectivity index (χ0) is 20.2. The van der Waals surface area contributed by atoms with Gasteiger partial charge in [-0.25, -0.2) is 8.78 Å². The third-order valence-electron chi connectivity index (χ3n) is 5.45. The number of hydrogen-bond acceptors (Lipinski definition) is 2. The van der Waals surface area contributed by atoms with Crippen LogP contribution in [0.2, 0.25) is 0 Å². The summed E-state index contributed by atoms with van der Waals surface area (Å²) in [6, 6.07) is 0. The van der Waals surface area contributed by atoms with Crippen molar-refractivity contribution in [1.29, 1.82) is 0 Å². The highest BCUT2D eigenvalue weighted by Gasteiger charge is 2.29. The third kappa shape index (κ3) is 5.15. The number of alkyl halides is 1. The molecule has 0 spiro atoms. The van der Waals surface area contributed by atoms with Crippen LogP contribution in [0.3, 0.4) is 0 Å². The molecule has 0 aromatic carbocycles. The van der Waals surface area contributed by atoms with Crippen LogP contribution in [0.5, 0.6) is 0 Å². The molecule has 2 N–H and O–H groups in total. The zero-order valence-corrected chi connectivity index (χ0v) is 16.7. The molecule has 1 aliphatic carbocycles. The highest BCUT2D eigenvalue weighted by Crippen LogP contribution is 2.40.